The maximum atomic E-state index is 11.6. The van der Waals surface area contributed by atoms with Gasteiger partial charge in [-0.25, -0.2) is 14.6 Å². The van der Waals surface area contributed by atoms with Gasteiger partial charge in [-0.2, -0.15) is 0 Å². The highest BCUT2D eigenvalue weighted by molar-refractivity contribution is 7.14. The molecule has 2 aliphatic rings. The SMILES string of the molecule is CN1CCN(C2=Nc3ccccc3Nc3sccc32)CC1.O.O=C(O)c1cc2ccccc2c(Cc2c(O)c(C(=O)O)cc3ccccc23)c1O. The molecule has 6 aromatic rings. The van der Waals surface area contributed by atoms with Crippen LogP contribution in [-0.4, -0.2) is 86.7 Å². The number of carboxylic acids is 2. The van der Waals surface area contributed by atoms with Gasteiger partial charge in [0.2, 0.25) is 0 Å². The van der Waals surface area contributed by atoms with Crippen LogP contribution in [0.3, 0.4) is 0 Å². The number of benzene rings is 5. The first-order valence-electron chi connectivity index (χ1n) is 16.1. The fraction of sp³-hybridized carbons (Fsp3) is 0.154. The monoisotopic (exact) mass is 704 g/mol. The van der Waals surface area contributed by atoms with Gasteiger partial charge in [-0.1, -0.05) is 60.7 Å². The van der Waals surface area contributed by atoms with Gasteiger partial charge in [0, 0.05) is 43.7 Å². The van der Waals surface area contributed by atoms with Gasteiger partial charge in [-0.15, -0.1) is 11.3 Å². The van der Waals surface area contributed by atoms with Gasteiger partial charge in [0.25, 0.3) is 0 Å². The Morgan fingerprint density at radius 2 is 1.29 bits per heavy atom. The minimum absolute atomic E-state index is 0. The van der Waals surface area contributed by atoms with E-state index in [9.17, 15) is 30.0 Å². The van der Waals surface area contributed by atoms with E-state index in [1.807, 2.05) is 6.07 Å². The Balaban J connectivity index is 0.000000180. The predicted molar refractivity (Wildman–Crippen MR) is 201 cm³/mol. The molecule has 3 heterocycles. The van der Waals surface area contributed by atoms with Crippen LogP contribution in [0.2, 0.25) is 0 Å². The van der Waals surface area contributed by atoms with Crippen LogP contribution in [0.15, 0.2) is 101 Å². The fourth-order valence-electron chi connectivity index (χ4n) is 6.50. The number of carboxylic acid groups (broad SMARTS) is 2. The highest BCUT2D eigenvalue weighted by atomic mass is 32.1. The molecule has 7 N–H and O–H groups in total. The highest BCUT2D eigenvalue weighted by Crippen LogP contribution is 2.40. The van der Waals surface area contributed by atoms with Crippen molar-refractivity contribution in [1.29, 1.82) is 0 Å². The third-order valence-corrected chi connectivity index (χ3v) is 9.99. The van der Waals surface area contributed by atoms with Gasteiger partial charge in [-0.05, 0) is 64.3 Å². The van der Waals surface area contributed by atoms with E-state index in [0.717, 1.165) is 43.4 Å². The third-order valence-electron chi connectivity index (χ3n) is 9.16. The summed E-state index contributed by atoms with van der Waals surface area (Å²) < 4.78 is 0. The summed E-state index contributed by atoms with van der Waals surface area (Å²) in [5, 5.41) is 49.7. The number of hydrogen-bond donors (Lipinski definition) is 5. The van der Waals surface area contributed by atoms with Gasteiger partial charge in [-0.3, -0.25) is 0 Å². The second-order valence-corrected chi connectivity index (χ2v) is 13.2. The van der Waals surface area contributed by atoms with Gasteiger partial charge in [0.1, 0.15) is 33.5 Å². The van der Waals surface area contributed by atoms with Crippen LogP contribution in [0.25, 0.3) is 21.5 Å². The van der Waals surface area contributed by atoms with Crippen molar-refractivity contribution in [3.63, 3.8) is 0 Å². The van der Waals surface area contributed by atoms with Crippen molar-refractivity contribution in [2.75, 3.05) is 38.5 Å². The molecule has 0 atom stereocenters. The van der Waals surface area contributed by atoms with E-state index < -0.39 is 23.4 Å². The van der Waals surface area contributed by atoms with Crippen LogP contribution in [0.5, 0.6) is 11.5 Å². The average Bonchev–Trinajstić information content (AvgIpc) is 3.51. The normalized spacial score (nSPS) is 13.8. The van der Waals surface area contributed by atoms with E-state index in [4.69, 9.17) is 4.99 Å². The lowest BCUT2D eigenvalue weighted by molar-refractivity contribution is 0.0682. The molecule has 1 saturated heterocycles. The molecule has 5 aromatic carbocycles. The van der Waals surface area contributed by atoms with Crippen molar-refractivity contribution < 1.29 is 35.5 Å². The van der Waals surface area contributed by atoms with Crippen molar-refractivity contribution in [3.8, 4) is 11.5 Å². The molecule has 0 aliphatic carbocycles. The zero-order valence-corrected chi connectivity index (χ0v) is 28.4. The van der Waals surface area contributed by atoms with E-state index in [2.05, 4.69) is 51.8 Å². The molecule has 51 heavy (non-hydrogen) atoms. The summed E-state index contributed by atoms with van der Waals surface area (Å²) in [7, 11) is 2.18. The number of para-hydroxylation sites is 2. The molecule has 0 spiro atoms. The molecule has 1 aromatic heterocycles. The van der Waals surface area contributed by atoms with Gasteiger partial charge < -0.3 is 41.0 Å². The Kier molecular flexibility index (Phi) is 9.92. The number of nitrogens with one attached hydrogen (secondary N) is 1. The van der Waals surface area contributed by atoms with Crippen molar-refractivity contribution in [1.82, 2.24) is 9.80 Å². The number of hydrogen-bond acceptors (Lipinski definition) is 9. The maximum absolute atomic E-state index is 11.6. The molecule has 0 bridgehead atoms. The lowest BCUT2D eigenvalue weighted by Gasteiger charge is -2.34. The average molecular weight is 705 g/mol. The van der Waals surface area contributed by atoms with Gasteiger partial charge >= 0.3 is 11.9 Å². The summed E-state index contributed by atoms with van der Waals surface area (Å²) in [6.07, 6.45) is -0.0407. The largest absolute Gasteiger partial charge is 0.507 e. The first kappa shape index (κ1) is 34.9. The second kappa shape index (κ2) is 14.5. The first-order valence-corrected chi connectivity index (χ1v) is 17.0. The molecule has 260 valence electrons. The fourth-order valence-corrected chi connectivity index (χ4v) is 7.29. The number of aliphatic imine (C=N–C) groups is 1. The number of aromatic carboxylic acids is 2. The number of nitrogens with zero attached hydrogens (tertiary/aromatic N) is 3. The molecule has 2 aliphatic heterocycles. The smallest absolute Gasteiger partial charge is 0.339 e. The van der Waals surface area contributed by atoms with E-state index >= 15 is 0 Å². The zero-order valence-electron chi connectivity index (χ0n) is 27.6. The molecule has 0 unspecified atom stereocenters. The van der Waals surface area contributed by atoms with Gasteiger partial charge in [0.05, 0.1) is 16.9 Å². The van der Waals surface area contributed by atoms with Crippen molar-refractivity contribution in [3.05, 3.63) is 124 Å². The Hall–Kier alpha value is -5.95. The van der Waals surface area contributed by atoms with E-state index in [1.165, 1.54) is 22.7 Å². The highest BCUT2D eigenvalue weighted by Gasteiger charge is 2.25. The number of aromatic hydroxyl groups is 2. The van der Waals surface area contributed by atoms with E-state index in [1.54, 1.807) is 59.9 Å². The number of carbonyl (C=O) groups is 2. The van der Waals surface area contributed by atoms with Crippen molar-refractivity contribution >= 4 is 67.0 Å². The summed E-state index contributed by atoms with van der Waals surface area (Å²) in [6, 6.07) is 27.2. The molecular weight excluding hydrogens is 669 g/mol. The molecule has 11 nitrogen and oxygen atoms in total. The van der Waals surface area contributed by atoms with Gasteiger partial charge in [0.15, 0.2) is 0 Å². The number of rotatable bonds is 4. The number of likely N-dealkylation sites (N-methyl/N-ethyl adjacent to an activating group) is 1. The number of phenols is 2. The summed E-state index contributed by atoms with van der Waals surface area (Å²) in [6.45, 7) is 4.25. The van der Waals surface area contributed by atoms with E-state index in [-0.39, 0.29) is 23.0 Å². The maximum Gasteiger partial charge on any atom is 0.339 e. The topological polar surface area (TPSA) is 177 Å². The second-order valence-electron chi connectivity index (χ2n) is 12.3. The van der Waals surface area contributed by atoms with Crippen LogP contribution in [-0.2, 0) is 6.42 Å². The summed E-state index contributed by atoms with van der Waals surface area (Å²) in [4.78, 5) is 33.0. The Bertz CT molecular complexity index is 2210. The lowest BCUT2D eigenvalue weighted by atomic mass is 9.90. The third kappa shape index (κ3) is 6.80. The van der Waals surface area contributed by atoms with Crippen LogP contribution in [0.1, 0.15) is 37.4 Å². The van der Waals surface area contributed by atoms with Crippen molar-refractivity contribution in [2.45, 2.75) is 6.42 Å². The summed E-state index contributed by atoms with van der Waals surface area (Å²) in [5.74, 6) is -2.25. The number of thiophene rings is 1. The predicted octanol–water partition coefficient (Wildman–Crippen LogP) is 6.70. The summed E-state index contributed by atoms with van der Waals surface area (Å²) in [5.41, 5.74) is 3.45. The molecular formula is C39H36N4O7S. The number of amidine groups is 1. The Labute approximate surface area is 297 Å². The van der Waals surface area contributed by atoms with Crippen LogP contribution in [0.4, 0.5) is 16.4 Å². The number of piperazine rings is 1. The minimum atomic E-state index is -1.28. The van der Waals surface area contributed by atoms with Crippen molar-refractivity contribution in [2.24, 2.45) is 4.99 Å². The first-order chi connectivity index (χ1) is 24.2. The summed E-state index contributed by atoms with van der Waals surface area (Å²) >= 11 is 1.74. The molecule has 8 rings (SSSR count). The lowest BCUT2D eigenvalue weighted by Crippen LogP contribution is -2.47. The van der Waals surface area contributed by atoms with Crippen LogP contribution >= 0.6 is 11.3 Å². The zero-order chi connectivity index (χ0) is 34.9. The Morgan fingerprint density at radius 1 is 0.765 bits per heavy atom. The molecule has 1 fully saturated rings. The minimum Gasteiger partial charge on any atom is -0.507 e. The molecule has 0 radical (unpaired) electrons. The molecule has 0 saturated carbocycles. The molecule has 12 heteroatoms. The number of fused-ring (bicyclic) bond motifs is 4. The van der Waals surface area contributed by atoms with E-state index in [0.29, 0.717) is 32.7 Å². The number of anilines is 2. The quantitative estimate of drug-likeness (QED) is 0.134. The molecule has 0 amide bonds. The van der Waals surface area contributed by atoms with Crippen LogP contribution < -0.4 is 5.32 Å². The standard InChI is InChI=1S/C23H16O6.C16H18N4S.H2O/c24-20-16(14-7-3-1-5-12(14)9-18(20)22(26)27)11-17-15-8-4-2-6-13(15)10-19(21(17)25)23(28)29;1-19-7-9-20(10-8-19)15-12-6-11-21-16(12)18-14-5-3-2-4-13(14)17-15;/h1-10,24-25H,11H2,(H,26,27)(H,28,29);2-6,11,18H,7-10H2,1H3;1H2. The Morgan fingerprint density at radius 3 is 1.86 bits per heavy atom. The van der Waals surface area contributed by atoms with Crippen LogP contribution in [0, 0.1) is 0 Å².